The molecule has 1 aromatic carbocycles. The molecule has 0 amide bonds. The Morgan fingerprint density at radius 3 is 2.59 bits per heavy atom. The first-order chi connectivity index (χ1) is 10.6. The molecular formula is C16H14N2O4. The molecule has 0 unspecified atom stereocenters. The molecule has 6 nitrogen and oxygen atoms in total. The van der Waals surface area contributed by atoms with Gasteiger partial charge in [-0.05, 0) is 32.0 Å². The minimum atomic E-state index is -0.478. The van der Waals surface area contributed by atoms with Crippen LogP contribution in [0, 0.1) is 13.8 Å². The highest BCUT2D eigenvalue weighted by molar-refractivity contribution is 5.90. The number of hydrogen-bond acceptors (Lipinski definition) is 6. The summed E-state index contributed by atoms with van der Waals surface area (Å²) in [6.07, 6.45) is 0. The maximum absolute atomic E-state index is 12.0. The van der Waals surface area contributed by atoms with E-state index in [0.717, 1.165) is 5.56 Å². The van der Waals surface area contributed by atoms with Crippen molar-refractivity contribution in [1.82, 2.24) is 10.2 Å². The number of rotatable bonds is 4. The molecule has 0 aliphatic rings. The van der Waals surface area contributed by atoms with E-state index < -0.39 is 5.97 Å². The van der Waals surface area contributed by atoms with E-state index in [1.165, 1.54) is 0 Å². The second-order valence-electron chi connectivity index (χ2n) is 4.77. The molecule has 0 radical (unpaired) electrons. The van der Waals surface area contributed by atoms with Gasteiger partial charge in [0.15, 0.2) is 6.61 Å². The summed E-state index contributed by atoms with van der Waals surface area (Å²) in [6, 6.07) is 11.0. The van der Waals surface area contributed by atoms with Crippen LogP contribution in [-0.4, -0.2) is 16.2 Å². The van der Waals surface area contributed by atoms with Gasteiger partial charge >= 0.3 is 5.97 Å². The lowest BCUT2D eigenvalue weighted by Crippen LogP contribution is -2.05. The third-order valence-corrected chi connectivity index (χ3v) is 3.08. The molecule has 0 bridgehead atoms. The van der Waals surface area contributed by atoms with Crippen LogP contribution >= 0.6 is 0 Å². The fourth-order valence-corrected chi connectivity index (χ4v) is 2.05. The molecule has 0 saturated carbocycles. The number of aromatic nitrogens is 2. The normalized spacial score (nSPS) is 10.6. The number of nitrogens with zero attached hydrogens (tertiary/aromatic N) is 2. The van der Waals surface area contributed by atoms with Gasteiger partial charge in [0.1, 0.15) is 17.1 Å². The summed E-state index contributed by atoms with van der Waals surface area (Å²) in [5, 5.41) is 7.80. The van der Waals surface area contributed by atoms with Crippen LogP contribution < -0.4 is 0 Å². The Balaban J connectivity index is 1.66. The monoisotopic (exact) mass is 298 g/mol. The Bertz CT molecular complexity index is 790. The molecule has 0 N–H and O–H groups in total. The van der Waals surface area contributed by atoms with Gasteiger partial charge in [-0.1, -0.05) is 18.2 Å². The number of benzene rings is 1. The van der Waals surface area contributed by atoms with Crippen LogP contribution in [0.3, 0.4) is 0 Å². The molecule has 3 aromatic rings. The van der Waals surface area contributed by atoms with Crippen molar-refractivity contribution < 1.29 is 18.4 Å². The van der Waals surface area contributed by atoms with E-state index in [1.807, 2.05) is 30.3 Å². The largest absolute Gasteiger partial charge is 0.466 e. The van der Waals surface area contributed by atoms with Crippen molar-refractivity contribution in [3.63, 3.8) is 0 Å². The third kappa shape index (κ3) is 2.90. The first kappa shape index (κ1) is 14.1. The van der Waals surface area contributed by atoms with E-state index in [2.05, 4.69) is 10.2 Å². The number of esters is 1. The van der Waals surface area contributed by atoms with Gasteiger partial charge in [-0.3, -0.25) is 0 Å². The van der Waals surface area contributed by atoms with Crippen molar-refractivity contribution in [2.45, 2.75) is 20.5 Å². The summed E-state index contributed by atoms with van der Waals surface area (Å²) in [6.45, 7) is 3.40. The van der Waals surface area contributed by atoms with Crippen LogP contribution in [0.2, 0.25) is 0 Å². The molecule has 22 heavy (non-hydrogen) atoms. The lowest BCUT2D eigenvalue weighted by atomic mass is 10.2. The fraction of sp³-hybridized carbons (Fsp3) is 0.188. The van der Waals surface area contributed by atoms with Gasteiger partial charge in [0.05, 0.1) is 0 Å². The summed E-state index contributed by atoms with van der Waals surface area (Å²) in [5.41, 5.74) is 1.22. The predicted molar refractivity (Wildman–Crippen MR) is 77.0 cm³/mol. The number of hydrogen-bond donors (Lipinski definition) is 0. The van der Waals surface area contributed by atoms with Crippen molar-refractivity contribution in [3.05, 3.63) is 59.4 Å². The van der Waals surface area contributed by atoms with Gasteiger partial charge in [-0.2, -0.15) is 0 Å². The van der Waals surface area contributed by atoms with E-state index in [-0.39, 0.29) is 12.5 Å². The van der Waals surface area contributed by atoms with Crippen molar-refractivity contribution in [2.24, 2.45) is 0 Å². The van der Waals surface area contributed by atoms with E-state index in [9.17, 15) is 4.79 Å². The third-order valence-electron chi connectivity index (χ3n) is 3.08. The van der Waals surface area contributed by atoms with Gasteiger partial charge in [-0.15, -0.1) is 10.2 Å². The molecular weight excluding hydrogens is 284 g/mol. The summed E-state index contributed by atoms with van der Waals surface area (Å²) in [4.78, 5) is 12.0. The van der Waals surface area contributed by atoms with E-state index >= 15 is 0 Å². The molecule has 0 aliphatic carbocycles. The van der Waals surface area contributed by atoms with Gasteiger partial charge in [0.25, 0.3) is 5.89 Å². The number of ether oxygens (including phenoxy) is 1. The molecule has 0 fully saturated rings. The number of furan rings is 1. The Morgan fingerprint density at radius 1 is 1.14 bits per heavy atom. The highest BCUT2D eigenvalue weighted by Gasteiger charge is 2.16. The smallest absolute Gasteiger partial charge is 0.342 e. The molecule has 0 aliphatic heterocycles. The summed E-state index contributed by atoms with van der Waals surface area (Å²) in [5.74, 6) is 1.34. The number of carbonyl (C=O) groups excluding carboxylic acids is 1. The van der Waals surface area contributed by atoms with Crippen LogP contribution in [0.5, 0.6) is 0 Å². The van der Waals surface area contributed by atoms with Gasteiger partial charge in [0.2, 0.25) is 5.89 Å². The van der Waals surface area contributed by atoms with E-state index in [1.54, 1.807) is 19.9 Å². The highest BCUT2D eigenvalue weighted by atomic mass is 16.5. The minimum Gasteiger partial charge on any atom is -0.466 e. The molecule has 0 spiro atoms. The average molecular weight is 298 g/mol. The molecule has 0 saturated heterocycles. The fourth-order valence-electron chi connectivity index (χ4n) is 2.05. The summed E-state index contributed by atoms with van der Waals surface area (Å²) >= 11 is 0. The highest BCUT2D eigenvalue weighted by Crippen LogP contribution is 2.18. The quantitative estimate of drug-likeness (QED) is 0.688. The second-order valence-corrected chi connectivity index (χ2v) is 4.77. The van der Waals surface area contributed by atoms with Crippen molar-refractivity contribution >= 4 is 5.97 Å². The molecule has 112 valence electrons. The first-order valence-electron chi connectivity index (χ1n) is 6.75. The molecule has 3 rings (SSSR count). The zero-order chi connectivity index (χ0) is 15.5. The Labute approximate surface area is 126 Å². The molecule has 2 aromatic heterocycles. The topological polar surface area (TPSA) is 78.4 Å². The minimum absolute atomic E-state index is 0.0810. The van der Waals surface area contributed by atoms with Gasteiger partial charge in [-0.25, -0.2) is 4.79 Å². The Morgan fingerprint density at radius 2 is 1.91 bits per heavy atom. The van der Waals surface area contributed by atoms with Crippen molar-refractivity contribution in [2.75, 3.05) is 0 Å². The van der Waals surface area contributed by atoms with Crippen molar-refractivity contribution in [3.8, 4) is 11.5 Å². The predicted octanol–water partition coefficient (Wildman–Crippen LogP) is 3.30. The van der Waals surface area contributed by atoms with E-state index in [4.69, 9.17) is 13.6 Å². The van der Waals surface area contributed by atoms with E-state index in [0.29, 0.717) is 23.0 Å². The lowest BCUT2D eigenvalue weighted by molar-refractivity contribution is 0.0436. The average Bonchev–Trinajstić information content (AvgIpc) is 3.12. The maximum atomic E-state index is 12.0. The van der Waals surface area contributed by atoms with Crippen LogP contribution in [-0.2, 0) is 11.3 Å². The SMILES string of the molecule is Cc1cc(C(=O)OCc2nnc(-c3ccccc3)o2)c(C)o1. The zero-order valence-corrected chi connectivity index (χ0v) is 12.2. The molecule has 2 heterocycles. The standard InChI is InChI=1S/C16H14N2O4/c1-10-8-13(11(2)21-10)16(19)20-9-14-17-18-15(22-14)12-6-4-3-5-7-12/h3-8H,9H2,1-2H3. The first-order valence-corrected chi connectivity index (χ1v) is 6.75. The van der Waals surface area contributed by atoms with Crippen LogP contribution in [0.1, 0.15) is 27.8 Å². The summed E-state index contributed by atoms with van der Waals surface area (Å²) < 4.78 is 15.9. The molecule has 0 atom stereocenters. The zero-order valence-electron chi connectivity index (χ0n) is 12.2. The lowest BCUT2D eigenvalue weighted by Gasteiger charge is -2.00. The van der Waals surface area contributed by atoms with Crippen LogP contribution in [0.25, 0.3) is 11.5 Å². The Hall–Kier alpha value is -2.89. The molecule has 6 heteroatoms. The van der Waals surface area contributed by atoms with Crippen molar-refractivity contribution in [1.29, 1.82) is 0 Å². The van der Waals surface area contributed by atoms with Crippen LogP contribution in [0.15, 0.2) is 45.2 Å². The maximum Gasteiger partial charge on any atom is 0.342 e. The van der Waals surface area contributed by atoms with Gasteiger partial charge in [0, 0.05) is 5.56 Å². The Kier molecular flexibility index (Phi) is 3.74. The number of aryl methyl sites for hydroxylation is 2. The second kappa shape index (κ2) is 5.85. The number of carbonyl (C=O) groups is 1. The summed E-state index contributed by atoms with van der Waals surface area (Å²) in [7, 11) is 0. The van der Waals surface area contributed by atoms with Gasteiger partial charge < -0.3 is 13.6 Å². The van der Waals surface area contributed by atoms with Crippen LogP contribution in [0.4, 0.5) is 0 Å².